The number of rotatable bonds is 5. The fraction of sp³-hybridized carbons (Fsp3) is 1.00. The molecule has 0 atom stereocenters. The summed E-state index contributed by atoms with van der Waals surface area (Å²) >= 11 is 0. The Balaban J connectivity index is 1.95. The van der Waals surface area contributed by atoms with Gasteiger partial charge in [-0.2, -0.15) is 0 Å². The third-order valence-corrected chi connectivity index (χ3v) is 5.50. The fourth-order valence-corrected chi connectivity index (χ4v) is 3.89. The molecule has 1 saturated carbocycles. The molecule has 0 radical (unpaired) electrons. The van der Waals surface area contributed by atoms with Crippen molar-refractivity contribution in [2.45, 2.75) is 65.0 Å². The highest BCUT2D eigenvalue weighted by Gasteiger charge is 2.38. The molecule has 1 N–H and O–H groups in total. The number of likely N-dealkylation sites (N-methyl/N-ethyl adjacent to an activating group) is 1. The summed E-state index contributed by atoms with van der Waals surface area (Å²) in [6, 6.07) is 0.608. The normalized spacial score (nSPS) is 27.3. The summed E-state index contributed by atoms with van der Waals surface area (Å²) in [4.78, 5) is 5.24. The van der Waals surface area contributed by atoms with Gasteiger partial charge in [0, 0.05) is 44.3 Å². The van der Waals surface area contributed by atoms with E-state index in [9.17, 15) is 0 Å². The zero-order chi connectivity index (χ0) is 14.8. The average molecular weight is 281 g/mol. The Hall–Kier alpha value is -0.120. The van der Waals surface area contributed by atoms with Crippen LogP contribution in [0, 0.1) is 5.41 Å². The van der Waals surface area contributed by atoms with Gasteiger partial charge in [0.25, 0.3) is 0 Å². The van der Waals surface area contributed by atoms with E-state index in [2.05, 4.69) is 49.9 Å². The number of hydrogen-bond acceptors (Lipinski definition) is 3. The van der Waals surface area contributed by atoms with E-state index in [1.54, 1.807) is 0 Å². The van der Waals surface area contributed by atoms with Gasteiger partial charge in [0.1, 0.15) is 0 Å². The quantitative estimate of drug-likeness (QED) is 0.835. The van der Waals surface area contributed by atoms with Crippen LogP contribution >= 0.6 is 0 Å². The maximum absolute atomic E-state index is 3.71. The molecule has 20 heavy (non-hydrogen) atoms. The van der Waals surface area contributed by atoms with E-state index in [1.165, 1.54) is 58.4 Å². The maximum atomic E-state index is 3.71. The van der Waals surface area contributed by atoms with E-state index in [1.807, 2.05) is 0 Å². The van der Waals surface area contributed by atoms with Crippen LogP contribution in [-0.4, -0.2) is 61.2 Å². The van der Waals surface area contributed by atoms with Gasteiger partial charge in [-0.3, -0.25) is 9.80 Å². The molecular weight excluding hydrogens is 246 g/mol. The lowest BCUT2D eigenvalue weighted by atomic mass is 9.84. The van der Waals surface area contributed by atoms with Crippen molar-refractivity contribution in [2.24, 2.45) is 5.41 Å². The number of piperazine rings is 1. The van der Waals surface area contributed by atoms with Crippen LogP contribution in [0.25, 0.3) is 0 Å². The van der Waals surface area contributed by atoms with Crippen molar-refractivity contribution in [3.05, 3.63) is 0 Å². The minimum atomic E-state index is 0.323. The highest BCUT2D eigenvalue weighted by molar-refractivity contribution is 4.94. The van der Waals surface area contributed by atoms with Crippen molar-refractivity contribution in [3.63, 3.8) is 0 Å². The summed E-state index contributed by atoms with van der Waals surface area (Å²) in [5, 5.41) is 3.71. The van der Waals surface area contributed by atoms with Gasteiger partial charge in [-0.05, 0) is 39.2 Å². The van der Waals surface area contributed by atoms with Gasteiger partial charge in [0.15, 0.2) is 0 Å². The summed E-state index contributed by atoms with van der Waals surface area (Å²) in [7, 11) is 2.27. The SMILES string of the molecule is CC(C)NCC1(CN2CCN(C)C(C)(C)C2)CCCC1. The zero-order valence-electron chi connectivity index (χ0n) is 14.3. The first kappa shape index (κ1) is 16.3. The molecule has 2 fully saturated rings. The molecule has 2 rings (SSSR count). The second kappa shape index (κ2) is 6.33. The van der Waals surface area contributed by atoms with Gasteiger partial charge in [-0.25, -0.2) is 0 Å². The average Bonchev–Trinajstić information content (AvgIpc) is 2.80. The standard InChI is InChI=1S/C17H35N3/c1-15(2)18-12-17(8-6-7-9-17)14-20-11-10-19(5)16(3,4)13-20/h15,18H,6-14H2,1-5H3. The largest absolute Gasteiger partial charge is 0.314 e. The summed E-state index contributed by atoms with van der Waals surface area (Å²) < 4.78 is 0. The van der Waals surface area contributed by atoms with Crippen molar-refractivity contribution in [1.29, 1.82) is 0 Å². The number of nitrogens with one attached hydrogen (secondary N) is 1. The molecule has 3 heteroatoms. The third kappa shape index (κ3) is 3.96. The molecule has 1 saturated heterocycles. The molecule has 2 aliphatic rings. The monoisotopic (exact) mass is 281 g/mol. The summed E-state index contributed by atoms with van der Waals surface area (Å²) in [5.41, 5.74) is 0.861. The van der Waals surface area contributed by atoms with Crippen molar-refractivity contribution in [1.82, 2.24) is 15.1 Å². The first-order chi connectivity index (χ1) is 9.33. The van der Waals surface area contributed by atoms with E-state index in [0.717, 1.165) is 0 Å². The minimum Gasteiger partial charge on any atom is -0.314 e. The van der Waals surface area contributed by atoms with E-state index in [4.69, 9.17) is 0 Å². The van der Waals surface area contributed by atoms with Gasteiger partial charge < -0.3 is 5.32 Å². The van der Waals surface area contributed by atoms with E-state index in [0.29, 0.717) is 17.0 Å². The first-order valence-corrected chi connectivity index (χ1v) is 8.50. The van der Waals surface area contributed by atoms with Crippen molar-refractivity contribution < 1.29 is 0 Å². The van der Waals surface area contributed by atoms with Crippen LogP contribution in [-0.2, 0) is 0 Å². The van der Waals surface area contributed by atoms with Crippen LogP contribution in [0.1, 0.15) is 53.4 Å². The zero-order valence-corrected chi connectivity index (χ0v) is 14.3. The molecular formula is C17H35N3. The number of hydrogen-bond donors (Lipinski definition) is 1. The maximum Gasteiger partial charge on any atom is 0.0277 e. The lowest BCUT2D eigenvalue weighted by molar-refractivity contribution is 0.0162. The summed E-state index contributed by atoms with van der Waals surface area (Å²) in [6.07, 6.45) is 5.69. The topological polar surface area (TPSA) is 18.5 Å². The van der Waals surface area contributed by atoms with Gasteiger partial charge in [-0.1, -0.05) is 26.7 Å². The Morgan fingerprint density at radius 1 is 1.10 bits per heavy atom. The molecule has 0 aromatic heterocycles. The van der Waals surface area contributed by atoms with Crippen LogP contribution in [0.5, 0.6) is 0 Å². The minimum absolute atomic E-state index is 0.323. The smallest absolute Gasteiger partial charge is 0.0277 e. The lowest BCUT2D eigenvalue weighted by Gasteiger charge is -2.48. The Labute approximate surface area is 126 Å². The van der Waals surface area contributed by atoms with Crippen molar-refractivity contribution in [3.8, 4) is 0 Å². The second-order valence-electron chi connectivity index (χ2n) is 8.19. The van der Waals surface area contributed by atoms with E-state index < -0.39 is 0 Å². The van der Waals surface area contributed by atoms with Crippen LogP contribution in [0.15, 0.2) is 0 Å². The Morgan fingerprint density at radius 2 is 1.75 bits per heavy atom. The molecule has 0 unspecified atom stereocenters. The third-order valence-electron chi connectivity index (χ3n) is 5.50. The van der Waals surface area contributed by atoms with Crippen molar-refractivity contribution in [2.75, 3.05) is 39.8 Å². The highest BCUT2D eigenvalue weighted by Crippen LogP contribution is 2.39. The Kier molecular flexibility index (Phi) is 5.14. The van der Waals surface area contributed by atoms with Crippen LogP contribution < -0.4 is 5.32 Å². The summed E-state index contributed by atoms with van der Waals surface area (Å²) in [5.74, 6) is 0. The molecule has 0 spiro atoms. The lowest BCUT2D eigenvalue weighted by Crippen LogP contribution is -2.59. The second-order valence-corrected chi connectivity index (χ2v) is 8.19. The first-order valence-electron chi connectivity index (χ1n) is 8.50. The molecule has 3 nitrogen and oxygen atoms in total. The Bertz CT molecular complexity index is 305. The molecule has 1 aliphatic heterocycles. The van der Waals surface area contributed by atoms with Crippen LogP contribution in [0.4, 0.5) is 0 Å². The molecule has 1 aliphatic carbocycles. The van der Waals surface area contributed by atoms with Crippen molar-refractivity contribution >= 4 is 0 Å². The van der Waals surface area contributed by atoms with E-state index >= 15 is 0 Å². The van der Waals surface area contributed by atoms with Gasteiger partial charge in [-0.15, -0.1) is 0 Å². The number of nitrogens with zero attached hydrogens (tertiary/aromatic N) is 2. The van der Waals surface area contributed by atoms with Gasteiger partial charge >= 0.3 is 0 Å². The molecule has 1 heterocycles. The van der Waals surface area contributed by atoms with E-state index in [-0.39, 0.29) is 0 Å². The summed E-state index contributed by atoms with van der Waals surface area (Å²) in [6.45, 7) is 15.5. The fourth-order valence-electron chi connectivity index (χ4n) is 3.89. The van der Waals surface area contributed by atoms with Crippen LogP contribution in [0.3, 0.4) is 0 Å². The molecule has 0 aromatic rings. The Morgan fingerprint density at radius 3 is 2.30 bits per heavy atom. The van der Waals surface area contributed by atoms with Crippen LogP contribution in [0.2, 0.25) is 0 Å². The highest BCUT2D eigenvalue weighted by atomic mass is 15.3. The molecule has 0 aromatic carbocycles. The van der Waals surface area contributed by atoms with Gasteiger partial charge in [0.2, 0.25) is 0 Å². The predicted molar refractivity (Wildman–Crippen MR) is 87.2 cm³/mol. The predicted octanol–water partition coefficient (Wildman–Crippen LogP) is 2.57. The molecule has 0 amide bonds. The molecule has 118 valence electrons. The van der Waals surface area contributed by atoms with Gasteiger partial charge in [0.05, 0.1) is 0 Å². The molecule has 0 bridgehead atoms.